The van der Waals surface area contributed by atoms with Crippen LogP contribution in [-0.4, -0.2) is 28.3 Å². The topological polar surface area (TPSA) is 114 Å². The molecule has 0 aromatic heterocycles. The first-order chi connectivity index (χ1) is 15.8. The molecule has 0 radical (unpaired) electrons. The molecule has 1 atom stereocenters. The van der Waals surface area contributed by atoms with Gasteiger partial charge in [0, 0.05) is 5.69 Å². The second-order valence-electron chi connectivity index (χ2n) is 7.09. The fraction of sp³-hybridized carbons (Fsp3) is 0.130. The van der Waals surface area contributed by atoms with E-state index in [1.807, 2.05) is 13.0 Å². The number of aryl methyl sites for hydroxylation is 1. The van der Waals surface area contributed by atoms with Crippen molar-refractivity contribution in [3.63, 3.8) is 0 Å². The molecule has 0 aliphatic carbocycles. The lowest BCUT2D eigenvalue weighted by atomic mass is 10.1. The summed E-state index contributed by atoms with van der Waals surface area (Å²) in [5, 5.41) is 16.7. The first-order valence-electron chi connectivity index (χ1n) is 9.84. The highest BCUT2D eigenvalue weighted by atomic mass is 32.1. The number of benzene rings is 3. The lowest BCUT2D eigenvalue weighted by molar-refractivity contribution is -0.384. The van der Waals surface area contributed by atoms with E-state index in [1.165, 1.54) is 25.3 Å². The van der Waals surface area contributed by atoms with Gasteiger partial charge in [-0.1, -0.05) is 55.3 Å². The number of hydrogen-bond acceptors (Lipinski definition) is 6. The van der Waals surface area contributed by atoms with Gasteiger partial charge in [0.05, 0.1) is 18.1 Å². The van der Waals surface area contributed by atoms with E-state index < -0.39 is 22.9 Å². The van der Waals surface area contributed by atoms with Crippen molar-refractivity contribution in [2.24, 2.45) is 0 Å². The maximum Gasteiger partial charge on any atom is 0.332 e. The van der Waals surface area contributed by atoms with E-state index >= 15 is 0 Å². The third-order valence-corrected chi connectivity index (χ3v) is 5.16. The first kappa shape index (κ1) is 23.6. The van der Waals surface area contributed by atoms with E-state index in [1.54, 1.807) is 48.5 Å². The monoisotopic (exact) mass is 466 g/mol. The third-order valence-electron chi connectivity index (χ3n) is 4.75. The number of carbonyl (C=O) groups excluding carboxylic acids is 2. The molecule has 0 heterocycles. The molecule has 0 aliphatic heterocycles. The van der Waals surface area contributed by atoms with Crippen LogP contribution in [0.3, 0.4) is 0 Å². The summed E-state index contributed by atoms with van der Waals surface area (Å²) >= 11 is 4.28. The molecule has 10 heteroatoms. The minimum atomic E-state index is -1.12. The highest BCUT2D eigenvalue weighted by Crippen LogP contribution is 2.31. The second-order valence-corrected chi connectivity index (χ2v) is 7.52. The Bertz CT molecular complexity index is 1170. The largest absolute Gasteiger partial charge is 0.496 e. The molecule has 3 rings (SSSR count). The van der Waals surface area contributed by atoms with Crippen molar-refractivity contribution >= 4 is 41.8 Å². The summed E-state index contributed by atoms with van der Waals surface area (Å²) in [6.07, 6.45) is 0. The Morgan fingerprint density at radius 2 is 1.76 bits per heavy atom. The molecule has 0 bridgehead atoms. The van der Waals surface area contributed by atoms with Crippen molar-refractivity contribution in [3.05, 3.63) is 94.0 Å². The van der Waals surface area contributed by atoms with Crippen LogP contribution < -0.4 is 15.4 Å². The summed E-state index contributed by atoms with van der Waals surface area (Å²) in [6, 6.07) is 17.9. The molecule has 3 aromatic rings. The molecule has 3 aromatic carbocycles. The molecule has 170 valence electrons. The Labute approximate surface area is 196 Å². The molecule has 0 aliphatic rings. The minimum Gasteiger partial charge on any atom is -0.496 e. The van der Waals surface area contributed by atoms with E-state index in [2.05, 4.69) is 23.4 Å². The van der Waals surface area contributed by atoms with Gasteiger partial charge in [0.2, 0.25) is 0 Å². The van der Waals surface area contributed by atoms with Crippen molar-refractivity contribution in [1.29, 1.82) is 0 Å². The number of anilines is 2. The number of rotatable bonds is 7. The summed E-state index contributed by atoms with van der Waals surface area (Å²) in [7, 11) is 1.38. The van der Waals surface area contributed by atoms with Crippen LogP contribution in [-0.2, 0) is 4.79 Å². The predicted molar refractivity (Wildman–Crippen MR) is 128 cm³/mol. The van der Waals surface area contributed by atoms with Crippen LogP contribution in [0.15, 0.2) is 72.8 Å². The summed E-state index contributed by atoms with van der Waals surface area (Å²) in [5.74, 6) is -0.233. The Kier molecular flexibility index (Phi) is 7.52. The highest BCUT2D eigenvalue weighted by Gasteiger charge is 2.31. The number of urea groups is 1. The number of thiol groups is 1. The van der Waals surface area contributed by atoms with E-state index in [9.17, 15) is 19.7 Å². The standard InChI is InChI=1S/C23H22N4O5S/c1-15-7-6-10-17(13-15)24-22(28)21(16-8-4-3-5-9-16)26(33)23(29)25-19-12-11-18(32-2)14-20(19)27(30)31/h3-14,21,33H,1-2H3,(H,24,28)(H,25,29). The van der Waals surface area contributed by atoms with Gasteiger partial charge in [0.1, 0.15) is 17.5 Å². The molecule has 0 fully saturated rings. The molecule has 1 unspecified atom stereocenters. The van der Waals surface area contributed by atoms with Crippen molar-refractivity contribution < 1.29 is 19.2 Å². The van der Waals surface area contributed by atoms with Crippen molar-refractivity contribution in [1.82, 2.24) is 4.31 Å². The van der Waals surface area contributed by atoms with Crippen LogP contribution in [0.5, 0.6) is 5.75 Å². The Morgan fingerprint density at radius 1 is 1.03 bits per heavy atom. The van der Waals surface area contributed by atoms with E-state index in [4.69, 9.17) is 4.74 Å². The summed E-state index contributed by atoms with van der Waals surface area (Å²) < 4.78 is 5.91. The van der Waals surface area contributed by atoms with Crippen LogP contribution in [0.1, 0.15) is 17.2 Å². The van der Waals surface area contributed by atoms with Gasteiger partial charge in [-0.3, -0.25) is 19.2 Å². The van der Waals surface area contributed by atoms with Crippen molar-refractivity contribution in [2.75, 3.05) is 17.7 Å². The maximum absolute atomic E-state index is 13.2. The van der Waals surface area contributed by atoms with Gasteiger partial charge >= 0.3 is 6.03 Å². The SMILES string of the molecule is COc1ccc(NC(=O)N(S)C(C(=O)Nc2cccc(C)c2)c2ccccc2)c([N+](=O)[O-])c1. The zero-order chi connectivity index (χ0) is 24.0. The summed E-state index contributed by atoms with van der Waals surface area (Å²) in [5.41, 5.74) is 1.61. The number of hydrogen-bond donors (Lipinski definition) is 3. The number of methoxy groups -OCH3 is 1. The minimum absolute atomic E-state index is 0.0595. The number of nitro benzene ring substituents is 1. The van der Waals surface area contributed by atoms with Gasteiger partial charge in [0.25, 0.3) is 11.6 Å². The quantitative estimate of drug-likeness (QED) is 0.258. The molecular weight excluding hydrogens is 444 g/mol. The van der Waals surface area contributed by atoms with Crippen LogP contribution >= 0.6 is 12.8 Å². The molecule has 0 spiro atoms. The van der Waals surface area contributed by atoms with E-state index in [0.717, 1.165) is 9.87 Å². The summed E-state index contributed by atoms with van der Waals surface area (Å²) in [6.45, 7) is 1.89. The Hall–Kier alpha value is -4.05. The Morgan fingerprint density at radius 3 is 2.39 bits per heavy atom. The fourth-order valence-corrected chi connectivity index (χ4v) is 3.45. The second kappa shape index (κ2) is 10.5. The molecule has 2 N–H and O–H groups in total. The molecule has 0 saturated carbocycles. The van der Waals surface area contributed by atoms with Crippen LogP contribution in [0, 0.1) is 17.0 Å². The first-order valence-corrected chi connectivity index (χ1v) is 10.2. The van der Waals surface area contributed by atoms with Gasteiger partial charge in [-0.05, 0) is 42.3 Å². The normalized spacial score (nSPS) is 11.2. The number of carbonyl (C=O) groups is 2. The lowest BCUT2D eigenvalue weighted by Gasteiger charge is -2.26. The number of nitro groups is 1. The van der Waals surface area contributed by atoms with Crippen LogP contribution in [0.4, 0.5) is 21.9 Å². The van der Waals surface area contributed by atoms with Crippen molar-refractivity contribution in [2.45, 2.75) is 13.0 Å². The smallest absolute Gasteiger partial charge is 0.332 e. The van der Waals surface area contributed by atoms with Crippen LogP contribution in [0.25, 0.3) is 0 Å². The number of ether oxygens (including phenoxy) is 1. The van der Waals surface area contributed by atoms with Gasteiger partial charge < -0.3 is 15.4 Å². The Balaban J connectivity index is 1.89. The van der Waals surface area contributed by atoms with Gasteiger partial charge in [0.15, 0.2) is 0 Å². The predicted octanol–water partition coefficient (Wildman–Crippen LogP) is 4.97. The number of nitrogens with one attached hydrogen (secondary N) is 2. The molecule has 9 nitrogen and oxygen atoms in total. The zero-order valence-corrected chi connectivity index (χ0v) is 18.8. The third kappa shape index (κ3) is 5.80. The van der Waals surface area contributed by atoms with Crippen molar-refractivity contribution in [3.8, 4) is 5.75 Å². The molecular formula is C23H22N4O5S. The van der Waals surface area contributed by atoms with E-state index in [0.29, 0.717) is 11.3 Å². The zero-order valence-electron chi connectivity index (χ0n) is 17.9. The van der Waals surface area contributed by atoms with Gasteiger partial charge in [-0.25, -0.2) is 4.79 Å². The average molecular weight is 467 g/mol. The maximum atomic E-state index is 13.2. The summed E-state index contributed by atoms with van der Waals surface area (Å²) in [4.78, 5) is 36.9. The van der Waals surface area contributed by atoms with Gasteiger partial charge in [-0.15, -0.1) is 0 Å². The van der Waals surface area contributed by atoms with E-state index in [-0.39, 0.29) is 17.1 Å². The lowest BCUT2D eigenvalue weighted by Crippen LogP contribution is -2.38. The number of nitrogens with zero attached hydrogens (tertiary/aromatic N) is 2. The fourth-order valence-electron chi connectivity index (χ4n) is 3.16. The van der Waals surface area contributed by atoms with Crippen LogP contribution in [0.2, 0.25) is 0 Å². The highest BCUT2D eigenvalue weighted by molar-refractivity contribution is 7.78. The molecule has 33 heavy (non-hydrogen) atoms. The molecule has 0 saturated heterocycles. The van der Waals surface area contributed by atoms with Gasteiger partial charge in [-0.2, -0.15) is 0 Å². The number of amides is 3. The average Bonchev–Trinajstić information content (AvgIpc) is 2.80. The molecule has 3 amide bonds.